The average molecular weight is 252 g/mol. The summed E-state index contributed by atoms with van der Waals surface area (Å²) < 4.78 is 5.73. The Morgan fingerprint density at radius 1 is 1.33 bits per heavy atom. The van der Waals surface area contributed by atoms with Crippen LogP contribution in [0.25, 0.3) is 0 Å². The molecule has 0 radical (unpaired) electrons. The molecule has 1 aromatic carbocycles. The molecule has 1 aromatic rings. The first kappa shape index (κ1) is 15.0. The van der Waals surface area contributed by atoms with Gasteiger partial charge in [-0.05, 0) is 37.3 Å². The van der Waals surface area contributed by atoms with Crippen LogP contribution < -0.4 is 4.74 Å². The van der Waals surface area contributed by atoms with Gasteiger partial charge in [-0.1, -0.05) is 31.5 Å². The largest absolute Gasteiger partial charge is 0.493 e. The second kappa shape index (κ2) is 7.39. The molecular formula is C15H24O3. The van der Waals surface area contributed by atoms with E-state index < -0.39 is 6.10 Å². The fourth-order valence-electron chi connectivity index (χ4n) is 2.01. The highest BCUT2D eigenvalue weighted by molar-refractivity contribution is 5.39. The van der Waals surface area contributed by atoms with Gasteiger partial charge in [0.25, 0.3) is 0 Å². The van der Waals surface area contributed by atoms with Crippen LogP contribution in [0.5, 0.6) is 5.75 Å². The lowest BCUT2D eigenvalue weighted by Crippen LogP contribution is -2.15. The van der Waals surface area contributed by atoms with Crippen molar-refractivity contribution in [3.05, 3.63) is 29.3 Å². The standard InChI is InChI=1S/C15H24O3/c1-4-7-18-15-6-5-11(2)8-14(15)12(3)9-13(17)10-16/h5-6,8,12-13,16-17H,4,7,9-10H2,1-3H3. The minimum atomic E-state index is -0.667. The summed E-state index contributed by atoms with van der Waals surface area (Å²) in [6.45, 7) is 6.67. The fourth-order valence-corrected chi connectivity index (χ4v) is 2.01. The van der Waals surface area contributed by atoms with Gasteiger partial charge in [-0.3, -0.25) is 0 Å². The first-order valence-corrected chi connectivity index (χ1v) is 6.60. The van der Waals surface area contributed by atoms with E-state index in [9.17, 15) is 5.11 Å². The van der Waals surface area contributed by atoms with Gasteiger partial charge in [-0.25, -0.2) is 0 Å². The highest BCUT2D eigenvalue weighted by atomic mass is 16.5. The van der Waals surface area contributed by atoms with Gasteiger partial charge in [-0.15, -0.1) is 0 Å². The number of aliphatic hydroxyl groups is 2. The van der Waals surface area contributed by atoms with E-state index in [1.165, 1.54) is 5.56 Å². The molecule has 3 nitrogen and oxygen atoms in total. The monoisotopic (exact) mass is 252 g/mol. The van der Waals surface area contributed by atoms with Crippen molar-refractivity contribution in [1.29, 1.82) is 0 Å². The third-order valence-electron chi connectivity index (χ3n) is 2.99. The summed E-state index contributed by atoms with van der Waals surface area (Å²) in [5.74, 6) is 1.05. The number of rotatable bonds is 7. The molecule has 3 heteroatoms. The molecule has 102 valence electrons. The van der Waals surface area contributed by atoms with Crippen molar-refractivity contribution in [2.45, 2.75) is 45.6 Å². The maximum atomic E-state index is 9.54. The molecule has 0 saturated heterocycles. The molecule has 2 atom stereocenters. The van der Waals surface area contributed by atoms with Crippen molar-refractivity contribution >= 4 is 0 Å². The first-order valence-electron chi connectivity index (χ1n) is 6.60. The maximum absolute atomic E-state index is 9.54. The molecule has 0 spiro atoms. The summed E-state index contributed by atoms with van der Waals surface area (Å²) in [5, 5.41) is 18.4. The zero-order chi connectivity index (χ0) is 13.5. The second-order valence-electron chi connectivity index (χ2n) is 4.86. The summed E-state index contributed by atoms with van der Waals surface area (Å²) in [6.07, 6.45) is 0.850. The van der Waals surface area contributed by atoms with Crippen LogP contribution in [0.2, 0.25) is 0 Å². The third kappa shape index (κ3) is 4.31. The number of benzene rings is 1. The first-order chi connectivity index (χ1) is 8.58. The van der Waals surface area contributed by atoms with Crippen LogP contribution in [0.3, 0.4) is 0 Å². The van der Waals surface area contributed by atoms with E-state index in [0.29, 0.717) is 13.0 Å². The van der Waals surface area contributed by atoms with Gasteiger partial charge >= 0.3 is 0 Å². The van der Waals surface area contributed by atoms with Crippen LogP contribution in [-0.2, 0) is 0 Å². The molecule has 0 fully saturated rings. The maximum Gasteiger partial charge on any atom is 0.122 e. The Kier molecular flexibility index (Phi) is 6.16. The van der Waals surface area contributed by atoms with Gasteiger partial charge < -0.3 is 14.9 Å². The Labute approximate surface area is 109 Å². The van der Waals surface area contributed by atoms with Crippen molar-refractivity contribution in [1.82, 2.24) is 0 Å². The van der Waals surface area contributed by atoms with Crippen molar-refractivity contribution < 1.29 is 14.9 Å². The second-order valence-corrected chi connectivity index (χ2v) is 4.86. The minimum absolute atomic E-state index is 0.166. The van der Waals surface area contributed by atoms with Crippen LogP contribution in [0, 0.1) is 6.92 Å². The molecule has 0 aromatic heterocycles. The van der Waals surface area contributed by atoms with E-state index in [1.54, 1.807) is 0 Å². The molecule has 0 amide bonds. The van der Waals surface area contributed by atoms with Crippen molar-refractivity contribution in [3.8, 4) is 5.75 Å². The topological polar surface area (TPSA) is 49.7 Å². The molecule has 0 aliphatic carbocycles. The number of aryl methyl sites for hydroxylation is 1. The summed E-state index contributed by atoms with van der Waals surface area (Å²) in [5.41, 5.74) is 2.29. The van der Waals surface area contributed by atoms with E-state index in [0.717, 1.165) is 17.7 Å². The van der Waals surface area contributed by atoms with Gasteiger partial charge in [0.05, 0.1) is 19.3 Å². The number of hydrogen-bond acceptors (Lipinski definition) is 3. The van der Waals surface area contributed by atoms with Crippen LogP contribution in [0.1, 0.15) is 43.7 Å². The number of hydrogen-bond donors (Lipinski definition) is 2. The van der Waals surface area contributed by atoms with E-state index in [-0.39, 0.29) is 12.5 Å². The zero-order valence-corrected chi connectivity index (χ0v) is 11.5. The normalized spacial score (nSPS) is 14.3. The summed E-state index contributed by atoms with van der Waals surface area (Å²) in [6, 6.07) is 6.12. The number of ether oxygens (including phenoxy) is 1. The van der Waals surface area contributed by atoms with Crippen molar-refractivity contribution in [2.75, 3.05) is 13.2 Å². The SMILES string of the molecule is CCCOc1ccc(C)cc1C(C)CC(O)CO. The smallest absolute Gasteiger partial charge is 0.122 e. The molecule has 2 unspecified atom stereocenters. The molecule has 0 aliphatic heterocycles. The molecule has 2 N–H and O–H groups in total. The van der Waals surface area contributed by atoms with Crippen LogP contribution >= 0.6 is 0 Å². The summed E-state index contributed by atoms with van der Waals surface area (Å²) >= 11 is 0. The predicted molar refractivity (Wildman–Crippen MR) is 73.1 cm³/mol. The van der Waals surface area contributed by atoms with E-state index >= 15 is 0 Å². The quantitative estimate of drug-likeness (QED) is 0.784. The lowest BCUT2D eigenvalue weighted by atomic mass is 9.93. The highest BCUT2D eigenvalue weighted by Crippen LogP contribution is 2.30. The van der Waals surface area contributed by atoms with Crippen molar-refractivity contribution in [3.63, 3.8) is 0 Å². The average Bonchev–Trinajstić information content (AvgIpc) is 2.36. The van der Waals surface area contributed by atoms with Crippen LogP contribution in [0.15, 0.2) is 18.2 Å². The van der Waals surface area contributed by atoms with Gasteiger partial charge in [0.15, 0.2) is 0 Å². The summed E-state index contributed by atoms with van der Waals surface area (Å²) in [7, 11) is 0. The molecular weight excluding hydrogens is 228 g/mol. The fraction of sp³-hybridized carbons (Fsp3) is 0.600. The van der Waals surface area contributed by atoms with Crippen LogP contribution in [-0.4, -0.2) is 29.5 Å². The molecule has 0 saturated carbocycles. The van der Waals surface area contributed by atoms with Gasteiger partial charge in [0, 0.05) is 0 Å². The molecule has 0 aliphatic rings. The Morgan fingerprint density at radius 2 is 2.06 bits per heavy atom. The number of aliphatic hydroxyl groups excluding tert-OH is 2. The van der Waals surface area contributed by atoms with E-state index in [2.05, 4.69) is 13.0 Å². The third-order valence-corrected chi connectivity index (χ3v) is 2.99. The van der Waals surface area contributed by atoms with Gasteiger partial charge in [-0.2, -0.15) is 0 Å². The lowest BCUT2D eigenvalue weighted by Gasteiger charge is -2.19. The van der Waals surface area contributed by atoms with E-state index in [1.807, 2.05) is 26.0 Å². The molecule has 18 heavy (non-hydrogen) atoms. The van der Waals surface area contributed by atoms with E-state index in [4.69, 9.17) is 9.84 Å². The van der Waals surface area contributed by atoms with Gasteiger partial charge in [0.2, 0.25) is 0 Å². The Morgan fingerprint density at radius 3 is 2.67 bits per heavy atom. The molecule has 0 bridgehead atoms. The Balaban J connectivity index is 2.86. The zero-order valence-electron chi connectivity index (χ0n) is 11.5. The van der Waals surface area contributed by atoms with Gasteiger partial charge in [0.1, 0.15) is 5.75 Å². The molecule has 1 rings (SSSR count). The minimum Gasteiger partial charge on any atom is -0.493 e. The Hall–Kier alpha value is -1.06. The lowest BCUT2D eigenvalue weighted by molar-refractivity contribution is 0.0832. The van der Waals surface area contributed by atoms with Crippen LogP contribution in [0.4, 0.5) is 0 Å². The molecule has 0 heterocycles. The van der Waals surface area contributed by atoms with Crippen molar-refractivity contribution in [2.24, 2.45) is 0 Å². The highest BCUT2D eigenvalue weighted by Gasteiger charge is 2.15. The predicted octanol–water partition coefficient (Wildman–Crippen LogP) is 2.63. The summed E-state index contributed by atoms with van der Waals surface area (Å²) in [4.78, 5) is 0. The Bertz CT molecular complexity index is 363.